The number of nitrogens with zero attached hydrogens (tertiary/aromatic N) is 1. The van der Waals surface area contributed by atoms with Crippen LogP contribution in [0.4, 0.5) is 17.1 Å². The number of amides is 1. The van der Waals surface area contributed by atoms with Crippen LogP contribution in [0, 0.1) is 17.0 Å². The van der Waals surface area contributed by atoms with Gasteiger partial charge in [-0.1, -0.05) is 6.07 Å². The molecule has 0 fully saturated rings. The lowest BCUT2D eigenvalue weighted by molar-refractivity contribution is -0.384. The van der Waals surface area contributed by atoms with Gasteiger partial charge in [0.2, 0.25) is 5.91 Å². The molecule has 2 aromatic rings. The third kappa shape index (κ3) is 4.22. The molecule has 0 heterocycles. The molecule has 126 valence electrons. The first-order valence-electron chi connectivity index (χ1n) is 7.37. The first-order chi connectivity index (χ1) is 11.4. The number of nitro groups is 1. The zero-order valence-corrected chi connectivity index (χ0v) is 13.7. The van der Waals surface area contributed by atoms with Crippen molar-refractivity contribution in [1.82, 2.24) is 0 Å². The SMILES string of the molecule is COc1ccc(NC(C)C(=O)Nc2cccc([N+](=O)[O-])c2)cc1C. The predicted molar refractivity (Wildman–Crippen MR) is 92.5 cm³/mol. The number of anilines is 2. The van der Waals surface area contributed by atoms with Crippen LogP contribution < -0.4 is 15.4 Å². The fourth-order valence-corrected chi connectivity index (χ4v) is 2.23. The van der Waals surface area contributed by atoms with Crippen molar-refractivity contribution >= 4 is 23.0 Å². The molecule has 0 aliphatic heterocycles. The van der Waals surface area contributed by atoms with E-state index in [1.165, 1.54) is 18.2 Å². The van der Waals surface area contributed by atoms with Crippen LogP contribution in [0.5, 0.6) is 5.75 Å². The molecule has 1 unspecified atom stereocenters. The Morgan fingerprint density at radius 3 is 2.58 bits per heavy atom. The molecule has 2 N–H and O–H groups in total. The van der Waals surface area contributed by atoms with Crippen molar-refractivity contribution in [3.05, 3.63) is 58.1 Å². The van der Waals surface area contributed by atoms with Gasteiger partial charge in [0.05, 0.1) is 12.0 Å². The molecule has 7 heteroatoms. The Kier molecular flexibility index (Phi) is 5.36. The lowest BCUT2D eigenvalue weighted by Crippen LogP contribution is -2.31. The Morgan fingerprint density at radius 2 is 1.96 bits per heavy atom. The van der Waals surface area contributed by atoms with Crippen molar-refractivity contribution in [1.29, 1.82) is 0 Å². The number of carbonyl (C=O) groups is 1. The highest BCUT2D eigenvalue weighted by Gasteiger charge is 2.15. The molecule has 0 spiro atoms. The lowest BCUT2D eigenvalue weighted by atomic mass is 10.2. The van der Waals surface area contributed by atoms with Crippen molar-refractivity contribution in [3.63, 3.8) is 0 Å². The third-order valence-electron chi connectivity index (χ3n) is 3.50. The Balaban J connectivity index is 2.03. The Bertz CT molecular complexity index is 761. The van der Waals surface area contributed by atoms with E-state index in [1.807, 2.05) is 25.1 Å². The number of ether oxygens (including phenoxy) is 1. The van der Waals surface area contributed by atoms with Crippen LogP contribution >= 0.6 is 0 Å². The number of nitro benzene ring substituents is 1. The van der Waals surface area contributed by atoms with Gasteiger partial charge >= 0.3 is 0 Å². The molecule has 0 aliphatic carbocycles. The summed E-state index contributed by atoms with van der Waals surface area (Å²) in [7, 11) is 1.60. The highest BCUT2D eigenvalue weighted by atomic mass is 16.6. The fourth-order valence-electron chi connectivity index (χ4n) is 2.23. The summed E-state index contributed by atoms with van der Waals surface area (Å²) in [5.74, 6) is 0.484. The maximum absolute atomic E-state index is 12.2. The number of carbonyl (C=O) groups excluding carboxylic acids is 1. The molecule has 0 bridgehead atoms. The highest BCUT2D eigenvalue weighted by Crippen LogP contribution is 2.22. The molecule has 2 rings (SSSR count). The summed E-state index contributed by atoms with van der Waals surface area (Å²) in [6, 6.07) is 10.8. The van der Waals surface area contributed by atoms with E-state index in [1.54, 1.807) is 20.1 Å². The van der Waals surface area contributed by atoms with E-state index < -0.39 is 11.0 Å². The quantitative estimate of drug-likeness (QED) is 0.626. The summed E-state index contributed by atoms with van der Waals surface area (Å²) in [6.45, 7) is 3.63. The molecule has 0 radical (unpaired) electrons. The molecular weight excluding hydrogens is 310 g/mol. The number of benzene rings is 2. The molecule has 7 nitrogen and oxygen atoms in total. The van der Waals surface area contributed by atoms with Crippen LogP contribution in [0.3, 0.4) is 0 Å². The van der Waals surface area contributed by atoms with Crippen molar-refractivity contribution in [2.75, 3.05) is 17.7 Å². The topological polar surface area (TPSA) is 93.5 Å². The molecule has 0 aromatic heterocycles. The molecule has 0 saturated carbocycles. The van der Waals surface area contributed by atoms with Crippen molar-refractivity contribution in [2.24, 2.45) is 0 Å². The van der Waals surface area contributed by atoms with E-state index in [9.17, 15) is 14.9 Å². The predicted octanol–water partition coefficient (Wildman–Crippen LogP) is 3.35. The molecular formula is C17H19N3O4. The van der Waals surface area contributed by atoms with Gasteiger partial charge in [0.25, 0.3) is 5.69 Å². The molecule has 0 saturated heterocycles. The molecule has 24 heavy (non-hydrogen) atoms. The first-order valence-corrected chi connectivity index (χ1v) is 7.37. The highest BCUT2D eigenvalue weighted by molar-refractivity contribution is 5.96. The second-order valence-electron chi connectivity index (χ2n) is 5.35. The van der Waals surface area contributed by atoms with Gasteiger partial charge in [0.15, 0.2) is 0 Å². The van der Waals surface area contributed by atoms with Crippen LogP contribution in [0.15, 0.2) is 42.5 Å². The van der Waals surface area contributed by atoms with Gasteiger partial charge in [-0.3, -0.25) is 14.9 Å². The summed E-state index contributed by atoms with van der Waals surface area (Å²) < 4.78 is 5.20. The van der Waals surface area contributed by atoms with E-state index in [2.05, 4.69) is 10.6 Å². The first kappa shape index (κ1) is 17.3. The molecule has 0 aliphatic rings. The van der Waals surface area contributed by atoms with E-state index in [-0.39, 0.29) is 11.6 Å². The van der Waals surface area contributed by atoms with E-state index >= 15 is 0 Å². The lowest BCUT2D eigenvalue weighted by Gasteiger charge is -2.16. The molecule has 1 amide bonds. The number of non-ortho nitro benzene ring substituents is 1. The minimum atomic E-state index is -0.517. The summed E-state index contributed by atoms with van der Waals surface area (Å²) >= 11 is 0. The number of hydrogen-bond acceptors (Lipinski definition) is 5. The minimum Gasteiger partial charge on any atom is -0.496 e. The Morgan fingerprint density at radius 1 is 1.21 bits per heavy atom. The minimum absolute atomic E-state index is 0.0702. The maximum atomic E-state index is 12.2. The monoisotopic (exact) mass is 329 g/mol. The van der Waals surface area contributed by atoms with E-state index in [4.69, 9.17) is 4.74 Å². The van der Waals surface area contributed by atoms with Gasteiger partial charge in [-0.15, -0.1) is 0 Å². The van der Waals surface area contributed by atoms with E-state index in [0.717, 1.165) is 17.0 Å². The van der Waals surface area contributed by atoms with Gasteiger partial charge in [0.1, 0.15) is 11.8 Å². The fraction of sp³-hybridized carbons (Fsp3) is 0.235. The largest absolute Gasteiger partial charge is 0.496 e. The smallest absolute Gasteiger partial charge is 0.271 e. The van der Waals surface area contributed by atoms with Crippen LogP contribution in [0.25, 0.3) is 0 Å². The Hall–Kier alpha value is -3.09. The number of rotatable bonds is 6. The summed E-state index contributed by atoms with van der Waals surface area (Å²) in [5.41, 5.74) is 2.05. The van der Waals surface area contributed by atoms with Gasteiger partial charge in [0, 0.05) is 23.5 Å². The number of nitrogens with one attached hydrogen (secondary N) is 2. The number of aryl methyl sites for hydroxylation is 1. The number of methoxy groups -OCH3 is 1. The maximum Gasteiger partial charge on any atom is 0.271 e. The van der Waals surface area contributed by atoms with Crippen LogP contribution in [-0.4, -0.2) is 24.0 Å². The standard InChI is InChI=1S/C17H19N3O4/c1-11-9-14(7-8-16(11)24-3)18-12(2)17(21)19-13-5-4-6-15(10-13)20(22)23/h4-10,12,18H,1-3H3,(H,19,21). The van der Waals surface area contributed by atoms with Gasteiger partial charge in [-0.05, 0) is 43.7 Å². The van der Waals surface area contributed by atoms with Crippen molar-refractivity contribution in [3.8, 4) is 5.75 Å². The third-order valence-corrected chi connectivity index (χ3v) is 3.50. The molecule has 1 atom stereocenters. The van der Waals surface area contributed by atoms with Crippen LogP contribution in [-0.2, 0) is 4.79 Å². The van der Waals surface area contributed by atoms with E-state index in [0.29, 0.717) is 5.69 Å². The van der Waals surface area contributed by atoms with Crippen LogP contribution in [0.1, 0.15) is 12.5 Å². The zero-order chi connectivity index (χ0) is 17.7. The zero-order valence-electron chi connectivity index (χ0n) is 13.7. The summed E-state index contributed by atoms with van der Waals surface area (Å²) in [4.78, 5) is 22.5. The van der Waals surface area contributed by atoms with Gasteiger partial charge in [-0.25, -0.2) is 0 Å². The normalized spacial score (nSPS) is 11.5. The van der Waals surface area contributed by atoms with Gasteiger partial charge in [-0.2, -0.15) is 0 Å². The van der Waals surface area contributed by atoms with Crippen molar-refractivity contribution in [2.45, 2.75) is 19.9 Å². The van der Waals surface area contributed by atoms with Crippen molar-refractivity contribution < 1.29 is 14.5 Å². The average molecular weight is 329 g/mol. The average Bonchev–Trinajstić information content (AvgIpc) is 2.55. The molecule has 2 aromatic carbocycles. The number of hydrogen-bond donors (Lipinski definition) is 2. The summed E-state index contributed by atoms with van der Waals surface area (Å²) in [5, 5.41) is 16.5. The second-order valence-corrected chi connectivity index (χ2v) is 5.35. The van der Waals surface area contributed by atoms with Crippen LogP contribution in [0.2, 0.25) is 0 Å². The second kappa shape index (κ2) is 7.45. The Labute approximate surface area is 139 Å². The van der Waals surface area contributed by atoms with Gasteiger partial charge < -0.3 is 15.4 Å². The summed E-state index contributed by atoms with van der Waals surface area (Å²) in [6.07, 6.45) is 0.